The average Bonchev–Trinajstić information content (AvgIpc) is 3.50. The van der Waals surface area contributed by atoms with Gasteiger partial charge in [0.05, 0.1) is 13.2 Å². The van der Waals surface area contributed by atoms with Crippen molar-refractivity contribution in [3.05, 3.63) is 46.8 Å². The Morgan fingerprint density at radius 2 is 1.89 bits per heavy atom. The van der Waals surface area contributed by atoms with Crippen LogP contribution in [0.3, 0.4) is 0 Å². The molecule has 1 saturated heterocycles. The van der Waals surface area contributed by atoms with Gasteiger partial charge in [0, 0.05) is 49.6 Å². The van der Waals surface area contributed by atoms with E-state index in [1.165, 1.54) is 13.1 Å². The molecule has 2 aromatic rings. The van der Waals surface area contributed by atoms with Crippen molar-refractivity contribution in [1.29, 1.82) is 5.41 Å². The molecule has 2 aliphatic rings. The van der Waals surface area contributed by atoms with Crippen LogP contribution >= 0.6 is 0 Å². The van der Waals surface area contributed by atoms with Crippen LogP contribution in [0.1, 0.15) is 51.9 Å². The number of carbonyl (C=O) groups excluding carboxylic acids is 2. The molecule has 4 rings (SSSR count). The molecule has 11 heteroatoms. The van der Waals surface area contributed by atoms with Crippen LogP contribution < -0.4 is 19.7 Å². The van der Waals surface area contributed by atoms with Gasteiger partial charge in [-0.15, -0.1) is 0 Å². The zero-order valence-electron chi connectivity index (χ0n) is 20.3. The van der Waals surface area contributed by atoms with Gasteiger partial charge in [0.1, 0.15) is 17.3 Å². The van der Waals surface area contributed by atoms with Crippen LogP contribution in [0.4, 0.5) is 5.69 Å². The number of ether oxygens (including phenoxy) is 2. The smallest absolute Gasteiger partial charge is 0.341 e. The van der Waals surface area contributed by atoms with Gasteiger partial charge in [0.25, 0.3) is 5.91 Å². The zero-order valence-corrected chi connectivity index (χ0v) is 20.3. The molecule has 1 aromatic heterocycles. The standard InChI is InChI=1S/C25H29N5O6/c1-3-35-20-10-16-12-30(24(26)22(16)28-23(20)25(34)27-2)13-19(31)15-8-17(29-6-4-5-7-29)11-18(9-15)36-14-21(32)33/h8-11,26H,3-7,12-14H2,1-2H3,(H,27,34)(H,32,33). The van der Waals surface area contributed by atoms with Crippen molar-refractivity contribution in [1.82, 2.24) is 15.2 Å². The second-order valence-corrected chi connectivity index (χ2v) is 8.57. The predicted octanol–water partition coefficient (Wildman–Crippen LogP) is 1.93. The summed E-state index contributed by atoms with van der Waals surface area (Å²) in [5.74, 6) is -1.09. The lowest BCUT2D eigenvalue weighted by Crippen LogP contribution is -2.31. The average molecular weight is 496 g/mol. The predicted molar refractivity (Wildman–Crippen MR) is 131 cm³/mol. The first-order chi connectivity index (χ1) is 17.3. The molecule has 0 atom stereocenters. The Labute approximate surface area is 208 Å². The molecule has 2 aliphatic heterocycles. The van der Waals surface area contributed by atoms with Crippen LogP contribution in [-0.4, -0.2) is 78.4 Å². The minimum absolute atomic E-state index is 0.0459. The number of pyridine rings is 1. The fraction of sp³-hybridized carbons (Fsp3) is 0.400. The maximum absolute atomic E-state index is 13.3. The molecule has 0 aliphatic carbocycles. The summed E-state index contributed by atoms with van der Waals surface area (Å²) in [5, 5.41) is 20.1. The number of carboxylic acids is 1. The summed E-state index contributed by atoms with van der Waals surface area (Å²) in [5.41, 5.74) is 2.30. The third kappa shape index (κ3) is 5.24. The number of hydrogen-bond acceptors (Lipinski definition) is 8. The quantitative estimate of drug-likeness (QED) is 0.421. The van der Waals surface area contributed by atoms with Gasteiger partial charge in [-0.25, -0.2) is 9.78 Å². The third-order valence-electron chi connectivity index (χ3n) is 6.09. The van der Waals surface area contributed by atoms with Gasteiger partial charge in [-0.1, -0.05) is 0 Å². The van der Waals surface area contributed by atoms with Crippen LogP contribution in [0, 0.1) is 5.41 Å². The molecule has 36 heavy (non-hydrogen) atoms. The number of Topliss-reactive ketones (excluding diaryl/α,β-unsaturated/α-hetero) is 1. The molecule has 1 amide bonds. The normalized spacial score (nSPS) is 14.6. The number of benzene rings is 1. The van der Waals surface area contributed by atoms with E-state index in [0.29, 0.717) is 34.9 Å². The zero-order chi connectivity index (χ0) is 25.8. The first-order valence-electron chi connectivity index (χ1n) is 11.8. The number of rotatable bonds is 10. The van der Waals surface area contributed by atoms with Crippen molar-refractivity contribution >= 4 is 29.2 Å². The summed E-state index contributed by atoms with van der Waals surface area (Å²) >= 11 is 0. The Hall–Kier alpha value is -4.15. The number of ketones is 1. The maximum Gasteiger partial charge on any atom is 0.341 e. The largest absolute Gasteiger partial charge is 0.491 e. The molecule has 1 aromatic carbocycles. The Kier molecular flexibility index (Phi) is 7.37. The Bertz CT molecular complexity index is 1210. The molecular formula is C25H29N5O6. The third-order valence-corrected chi connectivity index (χ3v) is 6.09. The number of carboxylic acid groups (broad SMARTS) is 1. The van der Waals surface area contributed by atoms with Crippen molar-refractivity contribution in [2.75, 3.05) is 44.8 Å². The van der Waals surface area contributed by atoms with E-state index in [2.05, 4.69) is 15.2 Å². The molecular weight excluding hydrogens is 466 g/mol. The van der Waals surface area contributed by atoms with Crippen LogP contribution in [0.5, 0.6) is 11.5 Å². The number of aliphatic carboxylic acids is 1. The summed E-state index contributed by atoms with van der Waals surface area (Å²) in [7, 11) is 1.49. The van der Waals surface area contributed by atoms with E-state index in [1.54, 1.807) is 30.0 Å². The molecule has 11 nitrogen and oxygen atoms in total. The first-order valence-corrected chi connectivity index (χ1v) is 11.8. The highest BCUT2D eigenvalue weighted by Gasteiger charge is 2.31. The van der Waals surface area contributed by atoms with E-state index in [9.17, 15) is 14.4 Å². The molecule has 3 N–H and O–H groups in total. The van der Waals surface area contributed by atoms with Crippen molar-refractivity contribution in [3.8, 4) is 11.5 Å². The lowest BCUT2D eigenvalue weighted by Gasteiger charge is -2.21. The van der Waals surface area contributed by atoms with Gasteiger partial charge in [0.2, 0.25) is 0 Å². The minimum atomic E-state index is -1.10. The van der Waals surface area contributed by atoms with Crippen molar-refractivity contribution in [2.24, 2.45) is 0 Å². The van der Waals surface area contributed by atoms with Crippen LogP contribution in [0.25, 0.3) is 0 Å². The molecule has 0 spiro atoms. The lowest BCUT2D eigenvalue weighted by molar-refractivity contribution is -0.139. The summed E-state index contributed by atoms with van der Waals surface area (Å²) in [6.45, 7) is 3.53. The highest BCUT2D eigenvalue weighted by Crippen LogP contribution is 2.30. The number of nitrogens with one attached hydrogen (secondary N) is 2. The van der Waals surface area contributed by atoms with E-state index in [4.69, 9.17) is 20.0 Å². The molecule has 0 saturated carbocycles. The van der Waals surface area contributed by atoms with Gasteiger partial charge in [-0.05, 0) is 38.0 Å². The van der Waals surface area contributed by atoms with E-state index in [-0.39, 0.29) is 30.4 Å². The minimum Gasteiger partial charge on any atom is -0.491 e. The highest BCUT2D eigenvalue weighted by atomic mass is 16.5. The van der Waals surface area contributed by atoms with Gasteiger partial charge < -0.3 is 29.7 Å². The molecule has 0 bridgehead atoms. The first kappa shape index (κ1) is 25.0. The number of amidine groups is 1. The molecule has 0 unspecified atom stereocenters. The second kappa shape index (κ2) is 10.6. The van der Waals surface area contributed by atoms with E-state index in [0.717, 1.165) is 31.6 Å². The van der Waals surface area contributed by atoms with Crippen molar-refractivity contribution in [2.45, 2.75) is 26.3 Å². The SMILES string of the molecule is CCOc1cc2c(nc1C(=O)NC)C(=N)N(CC(=O)c1cc(OCC(=O)O)cc(N3CCCC3)c1)C2. The van der Waals surface area contributed by atoms with Crippen molar-refractivity contribution < 1.29 is 29.0 Å². The number of fused-ring (bicyclic) bond motifs is 1. The van der Waals surface area contributed by atoms with Crippen LogP contribution in [0.2, 0.25) is 0 Å². The molecule has 190 valence electrons. The summed E-state index contributed by atoms with van der Waals surface area (Å²) in [6.07, 6.45) is 2.09. The molecule has 0 radical (unpaired) electrons. The second-order valence-electron chi connectivity index (χ2n) is 8.57. The maximum atomic E-state index is 13.3. The number of aromatic nitrogens is 1. The van der Waals surface area contributed by atoms with Gasteiger partial charge in [-0.2, -0.15) is 0 Å². The summed E-state index contributed by atoms with van der Waals surface area (Å²) in [4.78, 5) is 44.7. The topological polar surface area (TPSA) is 145 Å². The Morgan fingerprint density at radius 1 is 1.14 bits per heavy atom. The number of carbonyl (C=O) groups is 3. The number of nitrogens with zero attached hydrogens (tertiary/aromatic N) is 3. The van der Waals surface area contributed by atoms with E-state index >= 15 is 0 Å². The summed E-state index contributed by atoms with van der Waals surface area (Å²) in [6, 6.07) is 6.76. The van der Waals surface area contributed by atoms with E-state index < -0.39 is 18.5 Å². The monoisotopic (exact) mass is 495 g/mol. The Morgan fingerprint density at radius 3 is 2.56 bits per heavy atom. The van der Waals surface area contributed by atoms with Crippen LogP contribution in [-0.2, 0) is 11.3 Å². The summed E-state index contributed by atoms with van der Waals surface area (Å²) < 4.78 is 11.0. The fourth-order valence-corrected chi connectivity index (χ4v) is 4.37. The van der Waals surface area contributed by atoms with Gasteiger partial charge in [-0.3, -0.25) is 15.0 Å². The number of amides is 1. The molecule has 3 heterocycles. The van der Waals surface area contributed by atoms with Crippen LogP contribution in [0.15, 0.2) is 24.3 Å². The van der Waals surface area contributed by atoms with Gasteiger partial charge in [0.15, 0.2) is 23.8 Å². The highest BCUT2D eigenvalue weighted by molar-refractivity contribution is 6.06. The number of hydrogen-bond donors (Lipinski definition) is 3. The van der Waals surface area contributed by atoms with Crippen molar-refractivity contribution in [3.63, 3.8) is 0 Å². The van der Waals surface area contributed by atoms with Gasteiger partial charge >= 0.3 is 5.97 Å². The number of anilines is 1. The lowest BCUT2D eigenvalue weighted by atomic mass is 10.1. The van der Waals surface area contributed by atoms with E-state index in [1.807, 2.05) is 0 Å². The Balaban J connectivity index is 1.57. The fourth-order valence-electron chi connectivity index (χ4n) is 4.37. The molecule has 1 fully saturated rings.